The van der Waals surface area contributed by atoms with Crippen LogP contribution in [-0.2, 0) is 0 Å². The first-order chi connectivity index (χ1) is 5.66. The molecular formula is C9H9NS. The van der Waals surface area contributed by atoms with Crippen LogP contribution in [0.25, 0.3) is 10.2 Å². The van der Waals surface area contributed by atoms with Gasteiger partial charge in [-0.1, -0.05) is 0 Å². The summed E-state index contributed by atoms with van der Waals surface area (Å²) in [5, 5.41) is 1.71. The van der Waals surface area contributed by atoms with Crippen molar-refractivity contribution in [2.75, 3.05) is 0 Å². The smallest absolute Gasteiger partial charge is 0.123 e. The van der Waals surface area contributed by atoms with Crippen molar-refractivity contribution in [3.8, 4) is 0 Å². The van der Waals surface area contributed by atoms with Gasteiger partial charge in [-0.15, -0.1) is 11.3 Å². The number of thiophene rings is 1. The first kappa shape index (κ1) is 5.72. The van der Waals surface area contributed by atoms with Crippen LogP contribution in [0.15, 0.2) is 17.5 Å². The molecule has 2 aromatic heterocycles. The zero-order valence-electron chi connectivity index (χ0n) is 7.51. The van der Waals surface area contributed by atoms with E-state index in [1.54, 1.807) is 0 Å². The molecule has 2 heterocycles. The predicted molar refractivity (Wildman–Crippen MR) is 49.1 cm³/mol. The topological polar surface area (TPSA) is 12.9 Å². The Balaban J connectivity index is 2.88. The molecule has 56 valence electrons. The minimum absolute atomic E-state index is 0.589. The van der Waals surface area contributed by atoms with Crippen molar-refractivity contribution in [3.63, 3.8) is 0 Å². The highest BCUT2D eigenvalue weighted by Crippen LogP contribution is 2.22. The first-order valence-electron chi connectivity index (χ1n) is 4.01. The molecule has 0 saturated heterocycles. The van der Waals surface area contributed by atoms with Gasteiger partial charge in [-0.05, 0) is 36.9 Å². The Labute approximate surface area is 71.1 Å². The molecule has 2 aromatic rings. The summed E-state index contributed by atoms with van der Waals surface area (Å²) in [6, 6.07) is 3.93. The van der Waals surface area contributed by atoms with Crippen LogP contribution in [0.4, 0.5) is 0 Å². The number of hydrogen-bond donors (Lipinski definition) is 0. The van der Waals surface area contributed by atoms with Gasteiger partial charge < -0.3 is 0 Å². The molecule has 0 N–H and O–H groups in total. The molecule has 0 aromatic carbocycles. The number of rotatable bonds is 0. The molecule has 2 rings (SSSR count). The van der Waals surface area contributed by atoms with Gasteiger partial charge in [-0.2, -0.15) is 0 Å². The lowest BCUT2D eigenvalue weighted by Gasteiger charge is -1.96. The Bertz CT molecular complexity index is 433. The molecule has 1 nitrogen and oxygen atoms in total. The van der Waals surface area contributed by atoms with Gasteiger partial charge in [-0.3, -0.25) is 0 Å². The monoisotopic (exact) mass is 164 g/mol. The summed E-state index contributed by atoms with van der Waals surface area (Å²) in [7, 11) is 0. The van der Waals surface area contributed by atoms with E-state index in [-0.39, 0.29) is 0 Å². The van der Waals surface area contributed by atoms with E-state index in [0.29, 0.717) is 5.36 Å². The third kappa shape index (κ3) is 1.03. The molecule has 0 saturated carbocycles. The Kier molecular flexibility index (Phi) is 1.20. The Hall–Kier alpha value is -0.890. The molecule has 0 unspecified atom stereocenters. The lowest BCUT2D eigenvalue weighted by atomic mass is 10.2. The molecule has 0 spiro atoms. The zero-order valence-corrected chi connectivity index (χ0v) is 7.33. The Morgan fingerprint density at radius 2 is 2.36 bits per heavy atom. The van der Waals surface area contributed by atoms with Gasteiger partial charge in [0.25, 0.3) is 0 Å². The minimum Gasteiger partial charge on any atom is -0.242 e. The molecule has 0 radical (unpaired) electrons. The third-order valence-electron chi connectivity index (χ3n) is 1.72. The van der Waals surface area contributed by atoms with Crippen LogP contribution in [0.3, 0.4) is 0 Å². The second-order valence-corrected chi connectivity index (χ2v) is 3.49. The maximum absolute atomic E-state index is 7.47. The standard InChI is InChI=1S/C9H9NS/c1-6-5-7(2)10-9-8(6)3-4-11-9/h3-5H,1-2H3/i4D. The van der Waals surface area contributed by atoms with Gasteiger partial charge in [0.1, 0.15) is 4.83 Å². The van der Waals surface area contributed by atoms with Crippen LogP contribution in [0.5, 0.6) is 0 Å². The van der Waals surface area contributed by atoms with E-state index >= 15 is 0 Å². The van der Waals surface area contributed by atoms with Crippen LogP contribution in [0.2, 0.25) is 0 Å². The van der Waals surface area contributed by atoms with Crippen molar-refractivity contribution in [2.45, 2.75) is 13.8 Å². The molecule has 0 atom stereocenters. The summed E-state index contributed by atoms with van der Waals surface area (Å²) in [5.41, 5.74) is 2.24. The maximum Gasteiger partial charge on any atom is 0.123 e. The molecular weight excluding hydrogens is 154 g/mol. The number of aryl methyl sites for hydroxylation is 2. The summed E-state index contributed by atoms with van der Waals surface area (Å²) in [4.78, 5) is 5.34. The van der Waals surface area contributed by atoms with Crippen LogP contribution < -0.4 is 0 Å². The summed E-state index contributed by atoms with van der Waals surface area (Å²) < 4.78 is 7.47. The van der Waals surface area contributed by atoms with Crippen molar-refractivity contribution < 1.29 is 1.37 Å². The number of aromatic nitrogens is 1. The highest BCUT2D eigenvalue weighted by atomic mass is 32.1. The molecule has 0 aliphatic heterocycles. The number of fused-ring (bicyclic) bond motifs is 1. The highest BCUT2D eigenvalue weighted by molar-refractivity contribution is 7.16. The van der Waals surface area contributed by atoms with Crippen LogP contribution >= 0.6 is 11.3 Å². The average Bonchev–Trinajstić information content (AvgIpc) is 2.29. The molecule has 0 bridgehead atoms. The van der Waals surface area contributed by atoms with Crippen molar-refractivity contribution in [2.24, 2.45) is 0 Å². The van der Waals surface area contributed by atoms with Gasteiger partial charge >= 0.3 is 0 Å². The Morgan fingerprint density at radius 1 is 1.55 bits per heavy atom. The highest BCUT2D eigenvalue weighted by Gasteiger charge is 1.99. The lowest BCUT2D eigenvalue weighted by Crippen LogP contribution is -1.81. The molecule has 0 aliphatic carbocycles. The van der Waals surface area contributed by atoms with E-state index in [1.807, 2.05) is 13.0 Å². The van der Waals surface area contributed by atoms with Gasteiger partial charge in [0.15, 0.2) is 0 Å². The van der Waals surface area contributed by atoms with Crippen LogP contribution in [0.1, 0.15) is 12.6 Å². The largest absolute Gasteiger partial charge is 0.242 e. The maximum atomic E-state index is 7.47. The fourth-order valence-corrected chi connectivity index (χ4v) is 2.02. The second kappa shape index (κ2) is 2.31. The SMILES string of the molecule is [2H]c1cc2c(C)cc(C)nc2s1. The van der Waals surface area contributed by atoms with Crippen molar-refractivity contribution >= 4 is 21.6 Å². The molecule has 2 heteroatoms. The quantitative estimate of drug-likeness (QED) is 0.583. The normalized spacial score (nSPS) is 12.0. The van der Waals surface area contributed by atoms with Crippen LogP contribution in [0, 0.1) is 13.8 Å². The van der Waals surface area contributed by atoms with E-state index in [1.165, 1.54) is 16.9 Å². The van der Waals surface area contributed by atoms with E-state index in [2.05, 4.69) is 18.0 Å². The fourth-order valence-electron chi connectivity index (χ4n) is 1.21. The molecule has 0 amide bonds. The number of hydrogen-bond acceptors (Lipinski definition) is 2. The van der Waals surface area contributed by atoms with Gasteiger partial charge in [0.2, 0.25) is 0 Å². The summed E-state index contributed by atoms with van der Waals surface area (Å²) >= 11 is 1.44. The fraction of sp³-hybridized carbons (Fsp3) is 0.222. The van der Waals surface area contributed by atoms with E-state index in [0.717, 1.165) is 15.9 Å². The second-order valence-electron chi connectivity index (χ2n) is 2.66. The third-order valence-corrected chi connectivity index (χ3v) is 2.46. The van der Waals surface area contributed by atoms with E-state index < -0.39 is 0 Å². The number of pyridine rings is 1. The summed E-state index contributed by atoms with van der Waals surface area (Å²) in [5.74, 6) is 0. The van der Waals surface area contributed by atoms with Gasteiger partial charge in [0, 0.05) is 11.1 Å². The van der Waals surface area contributed by atoms with E-state index in [4.69, 9.17) is 1.37 Å². The van der Waals surface area contributed by atoms with E-state index in [9.17, 15) is 0 Å². The molecule has 0 fully saturated rings. The minimum atomic E-state index is 0.589. The lowest BCUT2D eigenvalue weighted by molar-refractivity contribution is 1.25. The summed E-state index contributed by atoms with van der Waals surface area (Å²) in [6.07, 6.45) is 0. The first-order valence-corrected chi connectivity index (χ1v) is 4.33. The molecule has 0 aliphatic rings. The van der Waals surface area contributed by atoms with Crippen molar-refractivity contribution in [3.05, 3.63) is 28.7 Å². The number of nitrogens with zero attached hydrogens (tertiary/aromatic N) is 1. The predicted octanol–water partition coefficient (Wildman–Crippen LogP) is 2.91. The van der Waals surface area contributed by atoms with Gasteiger partial charge in [0.05, 0.1) is 1.37 Å². The van der Waals surface area contributed by atoms with Crippen molar-refractivity contribution in [1.82, 2.24) is 4.98 Å². The van der Waals surface area contributed by atoms with Crippen molar-refractivity contribution in [1.29, 1.82) is 0 Å². The average molecular weight is 164 g/mol. The van der Waals surface area contributed by atoms with Gasteiger partial charge in [-0.25, -0.2) is 4.98 Å². The zero-order chi connectivity index (χ0) is 8.72. The summed E-state index contributed by atoms with van der Waals surface area (Å²) in [6.45, 7) is 4.04. The van der Waals surface area contributed by atoms with Crippen LogP contribution in [-0.4, -0.2) is 4.98 Å². The Morgan fingerprint density at radius 3 is 3.18 bits per heavy atom. The molecule has 11 heavy (non-hydrogen) atoms.